The summed E-state index contributed by atoms with van der Waals surface area (Å²) in [5, 5.41) is 10.9. The highest BCUT2D eigenvalue weighted by Gasteiger charge is 2.39. The van der Waals surface area contributed by atoms with Crippen LogP contribution in [0.2, 0.25) is 0 Å². The van der Waals surface area contributed by atoms with Crippen molar-refractivity contribution in [1.82, 2.24) is 4.90 Å². The summed E-state index contributed by atoms with van der Waals surface area (Å²) in [5.41, 5.74) is 1.13. The average Bonchev–Trinajstić information content (AvgIpc) is 2.74. The summed E-state index contributed by atoms with van der Waals surface area (Å²) in [6.07, 6.45) is 2.42. The highest BCUT2D eigenvalue weighted by atomic mass is 16.6. The maximum Gasteiger partial charge on any atom is 0.315 e. The fourth-order valence-electron chi connectivity index (χ4n) is 3.75. The fourth-order valence-corrected chi connectivity index (χ4v) is 3.75. The van der Waals surface area contributed by atoms with E-state index in [0.717, 1.165) is 12.8 Å². The molecule has 7 heteroatoms. The molecule has 0 radical (unpaired) electrons. The Kier molecular flexibility index (Phi) is 6.03. The Bertz CT molecular complexity index is 851. The van der Waals surface area contributed by atoms with Crippen LogP contribution in [0.5, 0.6) is 0 Å². The molecular formula is C21H22N2O5. The molecule has 3 rings (SSSR count). The molecule has 1 heterocycles. The lowest BCUT2D eigenvalue weighted by molar-refractivity contribution is -0.384. The fraction of sp³-hybridized carbons (Fsp3) is 0.333. The van der Waals surface area contributed by atoms with Crippen LogP contribution in [0.1, 0.15) is 41.1 Å². The molecule has 2 aromatic rings. The van der Waals surface area contributed by atoms with Crippen molar-refractivity contribution in [3.8, 4) is 0 Å². The maximum absolute atomic E-state index is 13.1. The van der Waals surface area contributed by atoms with Gasteiger partial charge < -0.3 is 9.64 Å². The number of carbonyl (C=O) groups excluding carboxylic acids is 2. The van der Waals surface area contributed by atoms with Crippen molar-refractivity contribution < 1.29 is 19.2 Å². The molecule has 0 bridgehead atoms. The highest BCUT2D eigenvalue weighted by Crippen LogP contribution is 2.33. The first-order valence-electron chi connectivity index (χ1n) is 9.21. The zero-order valence-corrected chi connectivity index (χ0v) is 15.6. The number of nitro benzene ring substituents is 1. The molecule has 1 fully saturated rings. The Balaban J connectivity index is 1.96. The normalized spacial score (nSPS) is 17.6. The Morgan fingerprint density at radius 2 is 1.79 bits per heavy atom. The lowest BCUT2D eigenvalue weighted by Gasteiger charge is -2.39. The van der Waals surface area contributed by atoms with Gasteiger partial charge in [0.1, 0.15) is 5.92 Å². The Morgan fingerprint density at radius 3 is 2.39 bits per heavy atom. The SMILES string of the molecule is COC(=O)C(c1ccc([N+](=O)[O-])cc1)C1CCCCN1C(=O)c1ccccc1. The lowest BCUT2D eigenvalue weighted by Crippen LogP contribution is -2.48. The summed E-state index contributed by atoms with van der Waals surface area (Å²) < 4.78 is 5.02. The van der Waals surface area contributed by atoms with Crippen molar-refractivity contribution in [1.29, 1.82) is 0 Å². The number of ether oxygens (including phenoxy) is 1. The number of methoxy groups -OCH3 is 1. The molecule has 0 spiro atoms. The standard InChI is InChI=1S/C21H22N2O5/c1-28-21(25)19(15-10-12-17(13-11-15)23(26)27)18-9-5-6-14-22(18)20(24)16-7-3-2-4-8-16/h2-4,7-8,10-13,18-19H,5-6,9,14H2,1H3. The minimum atomic E-state index is -0.696. The number of non-ortho nitro benzene ring substituents is 1. The summed E-state index contributed by atoms with van der Waals surface area (Å²) in [7, 11) is 1.31. The van der Waals surface area contributed by atoms with Gasteiger partial charge in [-0.1, -0.05) is 30.3 Å². The molecule has 0 aliphatic carbocycles. The number of hydrogen-bond acceptors (Lipinski definition) is 5. The van der Waals surface area contributed by atoms with E-state index in [1.165, 1.54) is 19.2 Å². The van der Waals surface area contributed by atoms with Crippen molar-refractivity contribution in [2.24, 2.45) is 0 Å². The highest BCUT2D eigenvalue weighted by molar-refractivity contribution is 5.95. The monoisotopic (exact) mass is 382 g/mol. The van der Waals surface area contributed by atoms with Crippen molar-refractivity contribution in [2.45, 2.75) is 31.2 Å². The molecule has 1 amide bonds. The third kappa shape index (κ3) is 4.03. The first-order valence-corrected chi connectivity index (χ1v) is 9.21. The molecule has 28 heavy (non-hydrogen) atoms. The number of rotatable bonds is 5. The Morgan fingerprint density at radius 1 is 1.11 bits per heavy atom. The van der Waals surface area contributed by atoms with Gasteiger partial charge in [-0.3, -0.25) is 19.7 Å². The molecule has 2 aromatic carbocycles. The molecule has 0 N–H and O–H groups in total. The number of hydrogen-bond donors (Lipinski definition) is 0. The van der Waals surface area contributed by atoms with Crippen LogP contribution in [0.25, 0.3) is 0 Å². The van der Waals surface area contributed by atoms with Gasteiger partial charge in [-0.05, 0) is 37.0 Å². The first kappa shape index (κ1) is 19.5. The van der Waals surface area contributed by atoms with Crippen LogP contribution in [0.4, 0.5) is 5.69 Å². The molecule has 0 saturated carbocycles. The van der Waals surface area contributed by atoms with Crippen LogP contribution in [-0.2, 0) is 9.53 Å². The Hall–Kier alpha value is -3.22. The number of nitrogens with zero attached hydrogens (tertiary/aromatic N) is 2. The van der Waals surface area contributed by atoms with Crippen molar-refractivity contribution in [2.75, 3.05) is 13.7 Å². The van der Waals surface area contributed by atoms with E-state index in [-0.39, 0.29) is 17.6 Å². The second-order valence-corrected chi connectivity index (χ2v) is 6.78. The zero-order chi connectivity index (χ0) is 20.1. The van der Waals surface area contributed by atoms with Crippen LogP contribution in [0, 0.1) is 10.1 Å². The summed E-state index contributed by atoms with van der Waals surface area (Å²) in [6, 6.07) is 14.5. The van der Waals surface area contributed by atoms with E-state index in [1.54, 1.807) is 41.3 Å². The average molecular weight is 382 g/mol. The van der Waals surface area contributed by atoms with Gasteiger partial charge in [-0.2, -0.15) is 0 Å². The van der Waals surface area contributed by atoms with Gasteiger partial charge in [0.15, 0.2) is 0 Å². The molecule has 7 nitrogen and oxygen atoms in total. The number of carbonyl (C=O) groups is 2. The van der Waals surface area contributed by atoms with E-state index < -0.39 is 16.8 Å². The predicted molar refractivity (Wildman–Crippen MR) is 103 cm³/mol. The minimum absolute atomic E-state index is 0.0479. The lowest BCUT2D eigenvalue weighted by atomic mass is 9.84. The molecule has 0 aromatic heterocycles. The number of nitro groups is 1. The van der Waals surface area contributed by atoms with Gasteiger partial charge >= 0.3 is 5.97 Å². The van der Waals surface area contributed by atoms with Crippen LogP contribution >= 0.6 is 0 Å². The van der Waals surface area contributed by atoms with Crippen molar-refractivity contribution in [3.63, 3.8) is 0 Å². The van der Waals surface area contributed by atoms with Crippen LogP contribution < -0.4 is 0 Å². The van der Waals surface area contributed by atoms with Gasteiger partial charge in [0, 0.05) is 30.3 Å². The van der Waals surface area contributed by atoms with Gasteiger partial charge in [0.25, 0.3) is 11.6 Å². The third-order valence-electron chi connectivity index (χ3n) is 5.13. The summed E-state index contributed by atoms with van der Waals surface area (Å²) in [5.74, 6) is -1.27. The predicted octanol–water partition coefficient (Wildman–Crippen LogP) is 3.55. The smallest absolute Gasteiger partial charge is 0.315 e. The topological polar surface area (TPSA) is 89.8 Å². The van der Waals surface area contributed by atoms with Crippen molar-refractivity contribution >= 4 is 17.6 Å². The van der Waals surface area contributed by atoms with E-state index in [0.29, 0.717) is 24.1 Å². The number of esters is 1. The molecule has 146 valence electrons. The third-order valence-corrected chi connectivity index (χ3v) is 5.13. The van der Waals surface area contributed by atoms with Crippen LogP contribution in [-0.4, -0.2) is 41.4 Å². The van der Waals surface area contributed by atoms with Gasteiger partial charge in [-0.15, -0.1) is 0 Å². The minimum Gasteiger partial charge on any atom is -0.468 e. The van der Waals surface area contributed by atoms with Crippen LogP contribution in [0.15, 0.2) is 54.6 Å². The van der Waals surface area contributed by atoms with Gasteiger partial charge in [-0.25, -0.2) is 0 Å². The number of amides is 1. The van der Waals surface area contributed by atoms with E-state index >= 15 is 0 Å². The zero-order valence-electron chi connectivity index (χ0n) is 15.6. The van der Waals surface area contributed by atoms with Crippen molar-refractivity contribution in [3.05, 3.63) is 75.8 Å². The van der Waals surface area contributed by atoms with E-state index in [2.05, 4.69) is 0 Å². The molecule has 1 saturated heterocycles. The van der Waals surface area contributed by atoms with Gasteiger partial charge in [0.05, 0.1) is 12.0 Å². The van der Waals surface area contributed by atoms with E-state index in [1.807, 2.05) is 6.07 Å². The largest absolute Gasteiger partial charge is 0.468 e. The molecule has 2 atom stereocenters. The summed E-state index contributed by atoms with van der Waals surface area (Å²) >= 11 is 0. The number of likely N-dealkylation sites (tertiary alicyclic amines) is 1. The van der Waals surface area contributed by atoms with Gasteiger partial charge in [0.2, 0.25) is 0 Å². The second-order valence-electron chi connectivity index (χ2n) is 6.78. The number of benzene rings is 2. The first-order chi connectivity index (χ1) is 13.5. The summed E-state index contributed by atoms with van der Waals surface area (Å²) in [4.78, 5) is 37.9. The molecule has 2 unspecified atom stereocenters. The molecule has 1 aliphatic heterocycles. The van der Waals surface area contributed by atoms with Crippen LogP contribution in [0.3, 0.4) is 0 Å². The molecular weight excluding hydrogens is 360 g/mol. The van der Waals surface area contributed by atoms with E-state index in [9.17, 15) is 19.7 Å². The number of piperidine rings is 1. The Labute approximate surface area is 163 Å². The quantitative estimate of drug-likeness (QED) is 0.448. The summed E-state index contributed by atoms with van der Waals surface area (Å²) in [6.45, 7) is 0.554. The van der Waals surface area contributed by atoms with E-state index in [4.69, 9.17) is 4.74 Å². The molecule has 1 aliphatic rings. The maximum atomic E-state index is 13.1. The second kappa shape index (κ2) is 8.65.